The van der Waals surface area contributed by atoms with Crippen molar-refractivity contribution < 1.29 is 19.3 Å². The van der Waals surface area contributed by atoms with Crippen LogP contribution in [0.5, 0.6) is 17.2 Å². The van der Waals surface area contributed by atoms with Crippen LogP contribution in [-0.4, -0.2) is 47.5 Å². The number of benzene rings is 3. The second-order valence-electron chi connectivity index (χ2n) is 9.47. The van der Waals surface area contributed by atoms with Crippen molar-refractivity contribution in [2.75, 3.05) is 26.2 Å². The van der Waals surface area contributed by atoms with Crippen LogP contribution in [0.4, 0.5) is 4.39 Å². The second kappa shape index (κ2) is 12.6. The molecule has 0 saturated carbocycles. The lowest BCUT2D eigenvalue weighted by atomic mass is 9.86. The lowest BCUT2D eigenvalue weighted by Gasteiger charge is -2.19. The molecule has 4 rings (SSSR count). The van der Waals surface area contributed by atoms with Gasteiger partial charge in [-0.05, 0) is 83.5 Å². The molecule has 4 nitrogen and oxygen atoms in total. The molecule has 5 heteroatoms. The van der Waals surface area contributed by atoms with Crippen molar-refractivity contribution in [2.24, 2.45) is 0 Å². The quantitative estimate of drug-likeness (QED) is 0.224. The Labute approximate surface area is 213 Å². The number of phenolic OH excluding ortho intramolecular Hbond substituents is 2. The highest BCUT2D eigenvalue weighted by Gasteiger charge is 2.21. The van der Waals surface area contributed by atoms with Gasteiger partial charge in [-0.15, -0.1) is 0 Å². The third kappa shape index (κ3) is 6.88. The Morgan fingerprint density at radius 2 is 1.58 bits per heavy atom. The molecule has 0 unspecified atom stereocenters. The van der Waals surface area contributed by atoms with E-state index in [-0.39, 0.29) is 11.5 Å². The van der Waals surface area contributed by atoms with Crippen molar-refractivity contribution in [3.8, 4) is 17.2 Å². The number of hydrogen-bond acceptors (Lipinski definition) is 4. The van der Waals surface area contributed by atoms with Gasteiger partial charge in [0.2, 0.25) is 0 Å². The summed E-state index contributed by atoms with van der Waals surface area (Å²) in [6.45, 7) is 4.72. The molecule has 3 aromatic carbocycles. The van der Waals surface area contributed by atoms with Crippen LogP contribution in [-0.2, 0) is 0 Å². The van der Waals surface area contributed by atoms with Gasteiger partial charge >= 0.3 is 0 Å². The van der Waals surface area contributed by atoms with E-state index in [4.69, 9.17) is 4.74 Å². The van der Waals surface area contributed by atoms with Crippen molar-refractivity contribution in [2.45, 2.75) is 45.2 Å². The Kier molecular flexibility index (Phi) is 9.01. The van der Waals surface area contributed by atoms with Gasteiger partial charge in [0.15, 0.2) is 0 Å². The number of rotatable bonds is 11. The summed E-state index contributed by atoms with van der Waals surface area (Å²) < 4.78 is 19.6. The van der Waals surface area contributed by atoms with Gasteiger partial charge in [0.05, 0.1) is 0 Å². The molecule has 0 bridgehead atoms. The highest BCUT2D eigenvalue weighted by molar-refractivity contribution is 5.98. The average molecular weight is 490 g/mol. The van der Waals surface area contributed by atoms with Crippen LogP contribution in [0.25, 0.3) is 11.1 Å². The maximum absolute atomic E-state index is 13.5. The summed E-state index contributed by atoms with van der Waals surface area (Å²) in [7, 11) is 0. The minimum Gasteiger partial charge on any atom is -0.508 e. The highest BCUT2D eigenvalue weighted by Crippen LogP contribution is 2.37. The highest BCUT2D eigenvalue weighted by atomic mass is 19.1. The third-order valence-electron chi connectivity index (χ3n) is 6.72. The molecule has 0 spiro atoms. The summed E-state index contributed by atoms with van der Waals surface area (Å²) in [5.74, 6) is 1.25. The Morgan fingerprint density at radius 1 is 0.917 bits per heavy atom. The summed E-state index contributed by atoms with van der Waals surface area (Å²) in [5, 5.41) is 19.8. The summed E-state index contributed by atoms with van der Waals surface area (Å²) >= 11 is 0. The maximum atomic E-state index is 13.5. The molecule has 0 radical (unpaired) electrons. The van der Waals surface area contributed by atoms with Crippen molar-refractivity contribution >= 4 is 11.1 Å². The maximum Gasteiger partial charge on any atom is 0.119 e. The van der Waals surface area contributed by atoms with Gasteiger partial charge in [-0.3, -0.25) is 4.90 Å². The van der Waals surface area contributed by atoms with E-state index in [1.165, 1.54) is 5.57 Å². The van der Waals surface area contributed by atoms with E-state index in [1.807, 2.05) is 36.4 Å². The third-order valence-corrected chi connectivity index (χ3v) is 6.72. The molecule has 1 heterocycles. The zero-order valence-electron chi connectivity index (χ0n) is 21.0. The molecule has 190 valence electrons. The van der Waals surface area contributed by atoms with Crippen molar-refractivity contribution in [1.82, 2.24) is 4.90 Å². The van der Waals surface area contributed by atoms with Crippen molar-refractivity contribution in [3.05, 3.63) is 89.5 Å². The number of alkyl halides is 1. The molecule has 1 fully saturated rings. The minimum absolute atomic E-state index is 0.226. The first kappa shape index (κ1) is 25.8. The Morgan fingerprint density at radius 3 is 2.17 bits per heavy atom. The number of unbranched alkanes of at least 4 members (excludes halogenated alkanes) is 2. The van der Waals surface area contributed by atoms with Crippen molar-refractivity contribution in [3.63, 3.8) is 0 Å². The minimum atomic E-state index is -0.720. The summed E-state index contributed by atoms with van der Waals surface area (Å²) in [6.07, 6.45) is 4.08. The van der Waals surface area contributed by atoms with Crippen LogP contribution in [0.2, 0.25) is 0 Å². The largest absolute Gasteiger partial charge is 0.508 e. The summed E-state index contributed by atoms with van der Waals surface area (Å²) in [4.78, 5) is 2.11. The van der Waals surface area contributed by atoms with E-state index in [0.717, 1.165) is 66.8 Å². The van der Waals surface area contributed by atoms with Crippen molar-refractivity contribution in [1.29, 1.82) is 0 Å². The number of hydrogen-bond donors (Lipinski definition) is 2. The zero-order chi connectivity index (χ0) is 25.3. The normalized spacial score (nSPS) is 15.7. The smallest absolute Gasteiger partial charge is 0.119 e. The lowest BCUT2D eigenvalue weighted by molar-refractivity contribution is 0.224. The number of halogens is 1. The van der Waals surface area contributed by atoms with Gasteiger partial charge in [0.1, 0.15) is 30.0 Å². The SMILES string of the molecule is CCCCCC(=C(c1ccc(O)cc1)c1ccc(O)cc1)c1cccc(OCCN2CC[C@H](F)C2)c1. The molecule has 1 aliphatic heterocycles. The van der Waals surface area contributed by atoms with Crippen LogP contribution in [0.1, 0.15) is 55.7 Å². The van der Waals surface area contributed by atoms with E-state index >= 15 is 0 Å². The van der Waals surface area contributed by atoms with Crippen LogP contribution < -0.4 is 4.74 Å². The second-order valence-corrected chi connectivity index (χ2v) is 9.47. The van der Waals surface area contributed by atoms with Crippen LogP contribution >= 0.6 is 0 Å². The van der Waals surface area contributed by atoms with Crippen LogP contribution in [0.3, 0.4) is 0 Å². The predicted octanol–water partition coefficient (Wildman–Crippen LogP) is 7.06. The number of ether oxygens (including phenoxy) is 1. The molecule has 0 amide bonds. The summed E-state index contributed by atoms with van der Waals surface area (Å²) in [5.41, 5.74) is 5.38. The zero-order valence-corrected chi connectivity index (χ0v) is 21.0. The molecule has 0 aliphatic carbocycles. The average Bonchev–Trinajstić information content (AvgIpc) is 3.30. The molecule has 2 N–H and O–H groups in total. The first-order valence-electron chi connectivity index (χ1n) is 12.9. The Balaban J connectivity index is 1.69. The fourth-order valence-corrected chi connectivity index (χ4v) is 4.79. The van der Waals surface area contributed by atoms with Gasteiger partial charge in [0.25, 0.3) is 0 Å². The van der Waals surface area contributed by atoms with Gasteiger partial charge in [-0.25, -0.2) is 4.39 Å². The number of allylic oxidation sites excluding steroid dienone is 1. The topological polar surface area (TPSA) is 52.9 Å². The molecule has 36 heavy (non-hydrogen) atoms. The Hall–Kier alpha value is -3.31. The standard InChI is InChI=1S/C31H36FNO3/c1-2-3-4-8-30(25-6-5-7-29(21-25)36-20-19-33-18-17-26(32)22-33)31(23-9-13-27(34)14-10-23)24-11-15-28(35)16-12-24/h5-7,9-16,21,26,34-35H,2-4,8,17-20,22H2,1H3/t26-/m0/s1. The summed E-state index contributed by atoms with van der Waals surface area (Å²) in [6, 6.07) is 22.8. The van der Waals surface area contributed by atoms with Gasteiger partial charge in [-0.2, -0.15) is 0 Å². The molecular weight excluding hydrogens is 453 g/mol. The number of likely N-dealkylation sites (tertiary alicyclic amines) is 1. The van der Waals surface area contributed by atoms with E-state index in [9.17, 15) is 14.6 Å². The number of phenols is 2. The van der Waals surface area contributed by atoms with E-state index in [1.54, 1.807) is 24.3 Å². The van der Waals surface area contributed by atoms with Gasteiger partial charge < -0.3 is 14.9 Å². The molecule has 1 aliphatic rings. The number of aromatic hydroxyl groups is 2. The molecular formula is C31H36FNO3. The van der Waals surface area contributed by atoms with E-state index in [2.05, 4.69) is 24.0 Å². The fraction of sp³-hybridized carbons (Fsp3) is 0.355. The fourth-order valence-electron chi connectivity index (χ4n) is 4.79. The monoisotopic (exact) mass is 489 g/mol. The molecule has 3 aromatic rings. The molecule has 1 atom stereocenters. The first-order chi connectivity index (χ1) is 17.5. The predicted molar refractivity (Wildman–Crippen MR) is 144 cm³/mol. The Bertz CT molecular complexity index is 1090. The first-order valence-corrected chi connectivity index (χ1v) is 12.9. The molecule has 0 aromatic heterocycles. The van der Waals surface area contributed by atoms with Gasteiger partial charge in [0, 0.05) is 19.6 Å². The molecule has 1 saturated heterocycles. The van der Waals surface area contributed by atoms with Crippen LogP contribution in [0.15, 0.2) is 72.8 Å². The van der Waals surface area contributed by atoms with Crippen LogP contribution in [0, 0.1) is 0 Å². The van der Waals surface area contributed by atoms with E-state index < -0.39 is 6.17 Å². The van der Waals surface area contributed by atoms with E-state index in [0.29, 0.717) is 19.6 Å². The van der Waals surface area contributed by atoms with Gasteiger partial charge in [-0.1, -0.05) is 56.2 Å². The number of nitrogens with zero attached hydrogens (tertiary/aromatic N) is 1. The lowest BCUT2D eigenvalue weighted by Crippen LogP contribution is -2.26.